The molecule has 0 aromatic carbocycles. The summed E-state index contributed by atoms with van der Waals surface area (Å²) in [7, 11) is -2.13. The van der Waals surface area contributed by atoms with E-state index in [0.29, 0.717) is 10.8 Å². The molecule has 3 N–H and O–H groups in total. The second-order valence-corrected chi connectivity index (χ2v) is 7.23. The standard InChI is InChI=1S/C11H17N5O2S2/c1-5-8-7(3)19-11(13-8)15-20(17,18)9-6(2)16(4)14-10(9)12/h5H2,1-4H3,(H2,12,14)(H,13,15). The highest BCUT2D eigenvalue weighted by atomic mass is 32.2. The molecule has 0 saturated heterocycles. The number of sulfonamides is 1. The fraction of sp³-hybridized carbons (Fsp3) is 0.455. The van der Waals surface area contributed by atoms with E-state index >= 15 is 0 Å². The number of nitrogens with one attached hydrogen (secondary N) is 1. The summed E-state index contributed by atoms with van der Waals surface area (Å²) < 4.78 is 28.7. The molecule has 110 valence electrons. The predicted octanol–water partition coefficient (Wildman–Crippen LogP) is 1.44. The Morgan fingerprint density at radius 3 is 2.50 bits per heavy atom. The van der Waals surface area contributed by atoms with Crippen LogP contribution in [0.5, 0.6) is 0 Å². The second-order valence-electron chi connectivity index (χ2n) is 4.40. The maximum Gasteiger partial charge on any atom is 0.269 e. The Kier molecular flexibility index (Phi) is 3.74. The van der Waals surface area contributed by atoms with E-state index in [4.69, 9.17) is 5.73 Å². The molecule has 0 saturated carbocycles. The van der Waals surface area contributed by atoms with Crippen molar-refractivity contribution in [2.24, 2.45) is 7.05 Å². The number of nitrogens with zero attached hydrogens (tertiary/aromatic N) is 3. The van der Waals surface area contributed by atoms with Crippen molar-refractivity contribution >= 4 is 32.3 Å². The van der Waals surface area contributed by atoms with Crippen LogP contribution in [0.3, 0.4) is 0 Å². The van der Waals surface area contributed by atoms with Crippen LogP contribution in [0.1, 0.15) is 23.2 Å². The molecule has 0 aliphatic rings. The highest BCUT2D eigenvalue weighted by Crippen LogP contribution is 2.27. The normalized spacial score (nSPS) is 11.8. The number of hydrogen-bond acceptors (Lipinski definition) is 6. The van der Waals surface area contributed by atoms with Gasteiger partial charge in [-0.25, -0.2) is 13.4 Å². The van der Waals surface area contributed by atoms with Gasteiger partial charge >= 0.3 is 0 Å². The number of thiazole rings is 1. The molecule has 9 heteroatoms. The van der Waals surface area contributed by atoms with Crippen LogP contribution in [-0.4, -0.2) is 23.2 Å². The minimum Gasteiger partial charge on any atom is -0.381 e. The molecule has 2 heterocycles. The van der Waals surface area contributed by atoms with Crippen LogP contribution in [0.15, 0.2) is 4.90 Å². The average Bonchev–Trinajstić information content (AvgIpc) is 2.79. The van der Waals surface area contributed by atoms with Gasteiger partial charge in [-0.2, -0.15) is 5.10 Å². The third kappa shape index (κ3) is 2.50. The quantitative estimate of drug-likeness (QED) is 0.888. The lowest BCUT2D eigenvalue weighted by Gasteiger charge is -2.05. The molecule has 0 unspecified atom stereocenters. The summed E-state index contributed by atoms with van der Waals surface area (Å²) in [5.41, 5.74) is 7.05. The van der Waals surface area contributed by atoms with Crippen LogP contribution in [-0.2, 0) is 23.5 Å². The summed E-state index contributed by atoms with van der Waals surface area (Å²) in [4.78, 5) is 5.27. The van der Waals surface area contributed by atoms with E-state index in [-0.39, 0.29) is 10.7 Å². The fourth-order valence-electron chi connectivity index (χ4n) is 1.91. The number of hydrogen-bond donors (Lipinski definition) is 2. The topological polar surface area (TPSA) is 103 Å². The third-order valence-electron chi connectivity index (χ3n) is 3.02. The molecule has 2 aromatic rings. The van der Waals surface area contributed by atoms with Gasteiger partial charge in [-0.15, -0.1) is 11.3 Å². The summed E-state index contributed by atoms with van der Waals surface area (Å²) in [6, 6.07) is 0. The van der Waals surface area contributed by atoms with Crippen LogP contribution >= 0.6 is 11.3 Å². The fourth-order valence-corrected chi connectivity index (χ4v) is 4.38. The Hall–Kier alpha value is -1.61. The van der Waals surface area contributed by atoms with Gasteiger partial charge in [0, 0.05) is 11.9 Å². The molecule has 20 heavy (non-hydrogen) atoms. The lowest BCUT2D eigenvalue weighted by Crippen LogP contribution is -2.15. The van der Waals surface area contributed by atoms with E-state index in [2.05, 4.69) is 14.8 Å². The minimum atomic E-state index is -3.78. The molecule has 7 nitrogen and oxygen atoms in total. The van der Waals surface area contributed by atoms with Crippen LogP contribution < -0.4 is 10.5 Å². The van der Waals surface area contributed by atoms with Crippen molar-refractivity contribution in [2.45, 2.75) is 32.1 Å². The van der Waals surface area contributed by atoms with E-state index in [0.717, 1.165) is 17.0 Å². The third-order valence-corrected chi connectivity index (χ3v) is 5.58. The van der Waals surface area contributed by atoms with E-state index in [1.807, 2.05) is 13.8 Å². The van der Waals surface area contributed by atoms with Gasteiger partial charge in [-0.05, 0) is 20.3 Å². The molecule has 0 aliphatic carbocycles. The lowest BCUT2D eigenvalue weighted by molar-refractivity contribution is 0.600. The summed E-state index contributed by atoms with van der Waals surface area (Å²) in [5, 5.41) is 4.26. The van der Waals surface area contributed by atoms with E-state index in [1.54, 1.807) is 14.0 Å². The van der Waals surface area contributed by atoms with Crippen molar-refractivity contribution < 1.29 is 8.42 Å². The molecular formula is C11H17N5O2S2. The molecule has 0 atom stereocenters. The zero-order valence-corrected chi connectivity index (χ0v) is 13.4. The predicted molar refractivity (Wildman–Crippen MR) is 79.4 cm³/mol. The van der Waals surface area contributed by atoms with Gasteiger partial charge in [0.05, 0.1) is 11.4 Å². The molecule has 2 rings (SSSR count). The molecule has 2 aromatic heterocycles. The summed E-state index contributed by atoms with van der Waals surface area (Å²) in [6.07, 6.45) is 0.762. The average molecular weight is 315 g/mol. The first-order valence-electron chi connectivity index (χ1n) is 6.04. The van der Waals surface area contributed by atoms with Crippen molar-refractivity contribution in [3.8, 4) is 0 Å². The molecule has 0 radical (unpaired) electrons. The van der Waals surface area contributed by atoms with Gasteiger partial charge in [0.25, 0.3) is 10.0 Å². The Balaban J connectivity index is 2.40. The maximum absolute atomic E-state index is 12.4. The maximum atomic E-state index is 12.4. The highest BCUT2D eigenvalue weighted by molar-refractivity contribution is 7.93. The smallest absolute Gasteiger partial charge is 0.269 e. The van der Waals surface area contributed by atoms with Gasteiger partial charge in [-0.3, -0.25) is 9.40 Å². The Bertz CT molecular complexity index is 745. The van der Waals surface area contributed by atoms with Gasteiger partial charge in [0.15, 0.2) is 15.8 Å². The molecule has 0 spiro atoms. The first-order chi connectivity index (χ1) is 9.26. The minimum absolute atomic E-state index is 0.00546. The van der Waals surface area contributed by atoms with E-state index in [9.17, 15) is 8.42 Å². The van der Waals surface area contributed by atoms with E-state index < -0.39 is 10.0 Å². The SMILES string of the molecule is CCc1nc(NS(=O)(=O)c2c(N)nn(C)c2C)sc1C. The number of rotatable bonds is 4. The van der Waals surface area contributed by atoms with Gasteiger partial charge in [0.1, 0.15) is 0 Å². The van der Waals surface area contributed by atoms with Crippen LogP contribution in [0.25, 0.3) is 0 Å². The summed E-state index contributed by atoms with van der Waals surface area (Å²) >= 11 is 1.31. The molecule has 0 fully saturated rings. The van der Waals surface area contributed by atoms with Crippen LogP contribution in [0.4, 0.5) is 10.9 Å². The first-order valence-corrected chi connectivity index (χ1v) is 8.34. The Morgan fingerprint density at radius 1 is 1.40 bits per heavy atom. The van der Waals surface area contributed by atoms with Gasteiger partial charge in [-0.1, -0.05) is 6.92 Å². The number of anilines is 2. The first kappa shape index (κ1) is 14.8. The number of aromatic nitrogens is 3. The Labute approximate surface area is 121 Å². The van der Waals surface area contributed by atoms with Crippen molar-refractivity contribution in [1.82, 2.24) is 14.8 Å². The summed E-state index contributed by atoms with van der Waals surface area (Å²) in [6.45, 7) is 5.55. The van der Waals surface area contributed by atoms with Crippen molar-refractivity contribution in [3.05, 3.63) is 16.3 Å². The van der Waals surface area contributed by atoms with Gasteiger partial charge < -0.3 is 5.73 Å². The Morgan fingerprint density at radius 2 is 2.05 bits per heavy atom. The number of nitrogens with two attached hydrogens (primary N) is 1. The van der Waals surface area contributed by atoms with Gasteiger partial charge in [0.2, 0.25) is 0 Å². The van der Waals surface area contributed by atoms with Crippen molar-refractivity contribution in [1.29, 1.82) is 0 Å². The molecule has 0 bridgehead atoms. The lowest BCUT2D eigenvalue weighted by atomic mass is 10.3. The van der Waals surface area contributed by atoms with E-state index in [1.165, 1.54) is 16.0 Å². The number of aryl methyl sites for hydroxylation is 3. The molecule has 0 aliphatic heterocycles. The van der Waals surface area contributed by atoms with Crippen molar-refractivity contribution in [2.75, 3.05) is 10.5 Å². The second kappa shape index (κ2) is 5.06. The van der Waals surface area contributed by atoms with Crippen molar-refractivity contribution in [3.63, 3.8) is 0 Å². The zero-order valence-electron chi connectivity index (χ0n) is 11.8. The number of nitrogen functional groups attached to an aromatic ring is 1. The molecule has 0 amide bonds. The summed E-state index contributed by atoms with van der Waals surface area (Å²) in [5.74, 6) is -0.0125. The highest BCUT2D eigenvalue weighted by Gasteiger charge is 2.25. The van der Waals surface area contributed by atoms with Crippen LogP contribution in [0.2, 0.25) is 0 Å². The largest absolute Gasteiger partial charge is 0.381 e. The molecular weight excluding hydrogens is 298 g/mol. The zero-order chi connectivity index (χ0) is 15.1. The monoisotopic (exact) mass is 315 g/mol. The van der Waals surface area contributed by atoms with Crippen LogP contribution in [0, 0.1) is 13.8 Å².